The standard InChI is InChI=1S/C23H28N4O2/c1-25-11-3-6-20(25)22(28)26-12-14-27(15-13-26)23(29)24-19-10-9-17-8-7-16-4-2-5-18(19)21(16)17/h2,4-5,9-10,20H,3,6-8,11-15H2,1H3,(H,24,29). The van der Waals surface area contributed by atoms with E-state index in [0.717, 1.165) is 43.3 Å². The number of likely N-dealkylation sites (tertiary alicyclic amines) is 1. The molecular formula is C23H28N4O2. The minimum atomic E-state index is -0.0752. The summed E-state index contributed by atoms with van der Waals surface area (Å²) in [6.07, 6.45) is 4.19. The quantitative estimate of drug-likeness (QED) is 0.855. The molecule has 0 radical (unpaired) electrons. The van der Waals surface area contributed by atoms with Gasteiger partial charge in [-0.1, -0.05) is 24.3 Å². The Morgan fingerprint density at radius 1 is 0.931 bits per heavy atom. The number of likely N-dealkylation sites (N-methyl/N-ethyl adjacent to an activating group) is 1. The van der Waals surface area contributed by atoms with Crippen LogP contribution in [0.3, 0.4) is 0 Å². The van der Waals surface area contributed by atoms with E-state index in [-0.39, 0.29) is 18.0 Å². The molecule has 0 saturated carbocycles. The van der Waals surface area contributed by atoms with Crippen LogP contribution in [0.2, 0.25) is 0 Å². The number of nitrogens with zero attached hydrogens (tertiary/aromatic N) is 3. The first-order valence-corrected chi connectivity index (χ1v) is 10.7. The summed E-state index contributed by atoms with van der Waals surface area (Å²) in [6, 6.07) is 10.5. The highest BCUT2D eigenvalue weighted by Crippen LogP contribution is 2.35. The van der Waals surface area contributed by atoms with Crippen molar-refractivity contribution in [3.8, 4) is 0 Å². The number of carbonyl (C=O) groups excluding carboxylic acids is 2. The van der Waals surface area contributed by atoms with Gasteiger partial charge in [-0.15, -0.1) is 0 Å². The van der Waals surface area contributed by atoms with Crippen LogP contribution in [0.25, 0.3) is 10.8 Å². The van der Waals surface area contributed by atoms with Crippen molar-refractivity contribution in [2.45, 2.75) is 31.7 Å². The van der Waals surface area contributed by atoms with Gasteiger partial charge in [0, 0.05) is 31.6 Å². The summed E-state index contributed by atoms with van der Waals surface area (Å²) in [4.78, 5) is 31.5. The number of rotatable bonds is 2. The average molecular weight is 393 g/mol. The third kappa shape index (κ3) is 3.25. The highest BCUT2D eigenvalue weighted by atomic mass is 16.2. The first kappa shape index (κ1) is 18.4. The molecule has 2 heterocycles. The van der Waals surface area contributed by atoms with E-state index >= 15 is 0 Å². The molecule has 0 bridgehead atoms. The second kappa shape index (κ2) is 7.34. The van der Waals surface area contributed by atoms with E-state index in [1.165, 1.54) is 16.5 Å². The number of amides is 3. The number of benzene rings is 2. The fourth-order valence-electron chi connectivity index (χ4n) is 5.11. The molecule has 5 rings (SSSR count). The summed E-state index contributed by atoms with van der Waals surface area (Å²) in [5, 5.41) is 5.55. The van der Waals surface area contributed by atoms with Crippen molar-refractivity contribution in [2.24, 2.45) is 0 Å². The normalized spacial score (nSPS) is 21.8. The molecule has 1 unspecified atom stereocenters. The van der Waals surface area contributed by atoms with Gasteiger partial charge in [-0.25, -0.2) is 4.79 Å². The molecule has 3 aliphatic rings. The molecule has 2 aromatic carbocycles. The molecule has 2 aliphatic heterocycles. The van der Waals surface area contributed by atoms with Gasteiger partial charge in [0.2, 0.25) is 5.91 Å². The first-order valence-electron chi connectivity index (χ1n) is 10.7. The van der Waals surface area contributed by atoms with Gasteiger partial charge in [-0.3, -0.25) is 9.69 Å². The molecule has 0 spiro atoms. The molecule has 152 valence electrons. The molecular weight excluding hydrogens is 364 g/mol. The zero-order valence-electron chi connectivity index (χ0n) is 17.0. The van der Waals surface area contributed by atoms with Gasteiger partial charge in [-0.2, -0.15) is 0 Å². The molecule has 1 N–H and O–H groups in total. The molecule has 2 saturated heterocycles. The Morgan fingerprint density at radius 2 is 1.66 bits per heavy atom. The zero-order valence-corrected chi connectivity index (χ0v) is 17.0. The summed E-state index contributed by atoms with van der Waals surface area (Å²) in [5.41, 5.74) is 3.62. The van der Waals surface area contributed by atoms with Crippen molar-refractivity contribution in [2.75, 3.05) is 45.1 Å². The van der Waals surface area contributed by atoms with E-state index in [1.807, 2.05) is 22.9 Å². The Kier molecular flexibility index (Phi) is 4.66. The number of nitrogens with one attached hydrogen (secondary N) is 1. The lowest BCUT2D eigenvalue weighted by atomic mass is 10.0. The van der Waals surface area contributed by atoms with E-state index in [1.54, 1.807) is 0 Å². The molecule has 29 heavy (non-hydrogen) atoms. The van der Waals surface area contributed by atoms with Crippen LogP contribution in [0.5, 0.6) is 0 Å². The number of hydrogen-bond donors (Lipinski definition) is 1. The van der Waals surface area contributed by atoms with Gasteiger partial charge in [0.25, 0.3) is 0 Å². The predicted octanol–water partition coefficient (Wildman–Crippen LogP) is 2.71. The molecule has 6 heteroatoms. The second-order valence-electron chi connectivity index (χ2n) is 8.49. The summed E-state index contributed by atoms with van der Waals surface area (Å²) in [7, 11) is 2.03. The van der Waals surface area contributed by atoms with Crippen molar-refractivity contribution in [1.29, 1.82) is 0 Å². The minimum absolute atomic E-state index is 0.0175. The topological polar surface area (TPSA) is 55.9 Å². The van der Waals surface area contributed by atoms with Crippen molar-refractivity contribution in [3.63, 3.8) is 0 Å². The van der Waals surface area contributed by atoms with Gasteiger partial charge in [0.15, 0.2) is 0 Å². The SMILES string of the molecule is CN1CCCC1C(=O)N1CCN(C(=O)Nc2ccc3c4c(cccc24)CC3)CC1. The van der Waals surface area contributed by atoms with Crippen LogP contribution >= 0.6 is 0 Å². The van der Waals surface area contributed by atoms with Crippen molar-refractivity contribution in [3.05, 3.63) is 41.5 Å². The molecule has 1 atom stereocenters. The minimum Gasteiger partial charge on any atom is -0.338 e. The van der Waals surface area contributed by atoms with Crippen molar-refractivity contribution >= 4 is 28.4 Å². The molecule has 3 amide bonds. The predicted molar refractivity (Wildman–Crippen MR) is 114 cm³/mol. The third-order valence-electron chi connectivity index (χ3n) is 6.80. The number of piperazine rings is 1. The lowest BCUT2D eigenvalue weighted by molar-refractivity contribution is -0.136. The van der Waals surface area contributed by atoms with Gasteiger partial charge in [0.05, 0.1) is 11.7 Å². The van der Waals surface area contributed by atoms with Crippen LogP contribution in [0.4, 0.5) is 10.5 Å². The fraction of sp³-hybridized carbons (Fsp3) is 0.478. The molecule has 2 aromatic rings. The third-order valence-corrected chi connectivity index (χ3v) is 6.80. The molecule has 1 aliphatic carbocycles. The van der Waals surface area contributed by atoms with Crippen LogP contribution in [0.1, 0.15) is 24.0 Å². The van der Waals surface area contributed by atoms with Gasteiger partial charge in [-0.05, 0) is 61.9 Å². The number of urea groups is 1. The monoisotopic (exact) mass is 392 g/mol. The lowest BCUT2D eigenvalue weighted by Gasteiger charge is -2.36. The number of carbonyl (C=O) groups is 2. The second-order valence-corrected chi connectivity index (χ2v) is 8.49. The number of hydrogen-bond acceptors (Lipinski definition) is 3. The van der Waals surface area contributed by atoms with Crippen LogP contribution < -0.4 is 5.32 Å². The molecule has 2 fully saturated rings. The van der Waals surface area contributed by atoms with Crippen LogP contribution in [0, 0.1) is 0 Å². The average Bonchev–Trinajstić information content (AvgIpc) is 3.37. The first-order chi connectivity index (χ1) is 14.1. The van der Waals surface area contributed by atoms with Crippen molar-refractivity contribution < 1.29 is 9.59 Å². The van der Waals surface area contributed by atoms with Crippen LogP contribution in [0.15, 0.2) is 30.3 Å². The van der Waals surface area contributed by atoms with Gasteiger partial charge in [0.1, 0.15) is 0 Å². The summed E-state index contributed by atoms with van der Waals surface area (Å²) in [6.45, 7) is 3.37. The highest BCUT2D eigenvalue weighted by molar-refractivity contribution is 6.04. The Hall–Kier alpha value is -2.60. The number of aryl methyl sites for hydroxylation is 2. The van der Waals surface area contributed by atoms with Gasteiger partial charge >= 0.3 is 6.03 Å². The zero-order chi connectivity index (χ0) is 20.0. The maximum Gasteiger partial charge on any atom is 0.321 e. The largest absolute Gasteiger partial charge is 0.338 e. The van der Waals surface area contributed by atoms with E-state index in [0.29, 0.717) is 26.2 Å². The number of anilines is 1. The summed E-state index contributed by atoms with van der Waals surface area (Å²) in [5.74, 6) is 0.220. The van der Waals surface area contributed by atoms with Gasteiger partial charge < -0.3 is 15.1 Å². The Morgan fingerprint density at radius 3 is 2.38 bits per heavy atom. The maximum atomic E-state index is 12.9. The maximum absolute atomic E-state index is 12.9. The highest BCUT2D eigenvalue weighted by Gasteiger charge is 2.33. The van der Waals surface area contributed by atoms with E-state index in [4.69, 9.17) is 0 Å². The van der Waals surface area contributed by atoms with E-state index in [2.05, 4.69) is 34.5 Å². The van der Waals surface area contributed by atoms with Crippen molar-refractivity contribution in [1.82, 2.24) is 14.7 Å². The van der Waals surface area contributed by atoms with Crippen LogP contribution in [-0.4, -0.2) is 72.5 Å². The molecule has 0 aromatic heterocycles. The fourth-order valence-corrected chi connectivity index (χ4v) is 5.11. The summed E-state index contributed by atoms with van der Waals surface area (Å²) < 4.78 is 0. The Balaban J connectivity index is 1.24. The Labute approximate surface area is 171 Å². The van der Waals surface area contributed by atoms with Crippen LogP contribution in [-0.2, 0) is 17.6 Å². The smallest absolute Gasteiger partial charge is 0.321 e. The lowest BCUT2D eigenvalue weighted by Crippen LogP contribution is -2.55. The van der Waals surface area contributed by atoms with E-state index < -0.39 is 0 Å². The van der Waals surface area contributed by atoms with E-state index in [9.17, 15) is 9.59 Å². The molecule has 6 nitrogen and oxygen atoms in total. The summed E-state index contributed by atoms with van der Waals surface area (Å²) >= 11 is 0. The Bertz CT molecular complexity index is 954.